The average molecular weight is 319 g/mol. The summed E-state index contributed by atoms with van der Waals surface area (Å²) in [4.78, 5) is 12.4. The topological polar surface area (TPSA) is 90.4 Å². The lowest BCUT2D eigenvalue weighted by molar-refractivity contribution is 0.102. The molecule has 0 aliphatic rings. The zero-order valence-corrected chi connectivity index (χ0v) is 12.9. The number of hydrogen-bond donors (Lipinski definition) is 3. The highest BCUT2D eigenvalue weighted by Crippen LogP contribution is 2.29. The summed E-state index contributed by atoms with van der Waals surface area (Å²) < 4.78 is 5.74. The van der Waals surface area contributed by atoms with Gasteiger partial charge in [-0.2, -0.15) is 0 Å². The van der Waals surface area contributed by atoms with E-state index in [1.54, 1.807) is 42.5 Å². The molecule has 0 bridgehead atoms. The lowest BCUT2D eigenvalue weighted by atomic mass is 10.1. The van der Waals surface area contributed by atoms with Gasteiger partial charge in [-0.1, -0.05) is 18.2 Å². The number of hydrogen-bond acceptors (Lipinski definition) is 4. The number of carbonyl (C=O) groups excluding carboxylic acids is 1. The fourth-order valence-electron chi connectivity index (χ4n) is 2.15. The van der Waals surface area contributed by atoms with Crippen LogP contribution < -0.4 is 21.5 Å². The first kappa shape index (κ1) is 15.4. The zero-order valence-electron chi connectivity index (χ0n) is 12.9. The third kappa shape index (κ3) is 3.64. The fraction of sp³-hybridized carbons (Fsp3) is 0. The summed E-state index contributed by atoms with van der Waals surface area (Å²) >= 11 is 0. The van der Waals surface area contributed by atoms with Crippen molar-refractivity contribution in [2.24, 2.45) is 0 Å². The first-order valence-corrected chi connectivity index (χ1v) is 7.41. The van der Waals surface area contributed by atoms with Gasteiger partial charge in [-0.25, -0.2) is 0 Å². The zero-order chi connectivity index (χ0) is 16.9. The van der Waals surface area contributed by atoms with E-state index in [4.69, 9.17) is 16.2 Å². The molecular formula is C19H17N3O2. The van der Waals surface area contributed by atoms with Gasteiger partial charge in [-0.15, -0.1) is 0 Å². The maximum atomic E-state index is 12.4. The van der Waals surface area contributed by atoms with Crippen molar-refractivity contribution in [3.8, 4) is 11.5 Å². The molecule has 0 saturated carbocycles. The van der Waals surface area contributed by atoms with Crippen molar-refractivity contribution >= 4 is 23.0 Å². The summed E-state index contributed by atoms with van der Waals surface area (Å²) in [5.74, 6) is 0.778. The second-order valence-electron chi connectivity index (χ2n) is 5.24. The molecule has 0 radical (unpaired) electrons. The second kappa shape index (κ2) is 6.75. The molecular weight excluding hydrogens is 302 g/mol. The summed E-state index contributed by atoms with van der Waals surface area (Å²) in [5.41, 5.74) is 13.9. The Kier molecular flexibility index (Phi) is 4.34. The largest absolute Gasteiger partial charge is 0.455 e. The van der Waals surface area contributed by atoms with Gasteiger partial charge in [0.1, 0.15) is 5.75 Å². The van der Waals surface area contributed by atoms with Crippen LogP contribution in [0.2, 0.25) is 0 Å². The summed E-state index contributed by atoms with van der Waals surface area (Å²) in [7, 11) is 0. The van der Waals surface area contributed by atoms with Crippen LogP contribution in [-0.4, -0.2) is 5.91 Å². The molecule has 0 aliphatic heterocycles. The standard InChI is InChI=1S/C19H17N3O2/c20-14-7-9-16(10-8-14)24-18-12-13(6-11-17(18)21)19(23)22-15-4-2-1-3-5-15/h1-12H,20-21H2,(H,22,23). The summed E-state index contributed by atoms with van der Waals surface area (Å²) in [6, 6.07) is 21.1. The van der Waals surface area contributed by atoms with Gasteiger partial charge in [-0.3, -0.25) is 4.79 Å². The Bertz CT molecular complexity index is 846. The molecule has 5 heteroatoms. The van der Waals surface area contributed by atoms with Gasteiger partial charge in [0.15, 0.2) is 5.75 Å². The first-order valence-electron chi connectivity index (χ1n) is 7.41. The predicted molar refractivity (Wildman–Crippen MR) is 96.2 cm³/mol. The quantitative estimate of drug-likeness (QED) is 0.636. The Balaban J connectivity index is 1.80. The molecule has 0 fully saturated rings. The van der Waals surface area contributed by atoms with Crippen LogP contribution in [0.15, 0.2) is 72.8 Å². The van der Waals surface area contributed by atoms with Crippen LogP contribution in [0.5, 0.6) is 11.5 Å². The van der Waals surface area contributed by atoms with E-state index < -0.39 is 0 Å². The van der Waals surface area contributed by atoms with Gasteiger partial charge in [-0.05, 0) is 54.6 Å². The third-order valence-electron chi connectivity index (χ3n) is 3.42. The van der Waals surface area contributed by atoms with Crippen LogP contribution in [0.25, 0.3) is 0 Å². The summed E-state index contributed by atoms with van der Waals surface area (Å²) in [6.07, 6.45) is 0. The molecule has 0 aliphatic carbocycles. The number of anilines is 3. The lowest BCUT2D eigenvalue weighted by Gasteiger charge is -2.11. The van der Waals surface area contributed by atoms with Crippen LogP contribution in [0.1, 0.15) is 10.4 Å². The highest BCUT2D eigenvalue weighted by atomic mass is 16.5. The van der Waals surface area contributed by atoms with Crippen LogP contribution in [0, 0.1) is 0 Å². The molecule has 1 amide bonds. The molecule has 3 rings (SSSR count). The Morgan fingerprint density at radius 2 is 1.58 bits per heavy atom. The highest BCUT2D eigenvalue weighted by molar-refractivity contribution is 6.04. The van der Waals surface area contributed by atoms with E-state index >= 15 is 0 Å². The average Bonchev–Trinajstić information content (AvgIpc) is 2.59. The monoisotopic (exact) mass is 319 g/mol. The van der Waals surface area contributed by atoms with Crippen molar-refractivity contribution in [2.75, 3.05) is 16.8 Å². The maximum absolute atomic E-state index is 12.4. The van der Waals surface area contributed by atoms with Crippen molar-refractivity contribution < 1.29 is 9.53 Å². The number of ether oxygens (including phenoxy) is 1. The van der Waals surface area contributed by atoms with Gasteiger partial charge in [0, 0.05) is 16.9 Å². The van der Waals surface area contributed by atoms with Gasteiger partial charge in [0.25, 0.3) is 5.91 Å². The van der Waals surface area contributed by atoms with Crippen LogP contribution >= 0.6 is 0 Å². The number of benzene rings is 3. The van der Waals surface area contributed by atoms with Crippen molar-refractivity contribution in [3.05, 3.63) is 78.4 Å². The minimum Gasteiger partial charge on any atom is -0.455 e. The second-order valence-corrected chi connectivity index (χ2v) is 5.24. The SMILES string of the molecule is Nc1ccc(Oc2cc(C(=O)Nc3ccccc3)ccc2N)cc1. The molecule has 0 aromatic heterocycles. The highest BCUT2D eigenvalue weighted by Gasteiger charge is 2.10. The van der Waals surface area contributed by atoms with Crippen molar-refractivity contribution in [1.82, 2.24) is 0 Å². The van der Waals surface area contributed by atoms with Crippen molar-refractivity contribution in [3.63, 3.8) is 0 Å². The van der Waals surface area contributed by atoms with E-state index in [1.165, 1.54) is 0 Å². The molecule has 24 heavy (non-hydrogen) atoms. The number of nitrogens with one attached hydrogen (secondary N) is 1. The number of nitrogen functional groups attached to an aromatic ring is 2. The van der Waals surface area contributed by atoms with Crippen LogP contribution in [-0.2, 0) is 0 Å². The maximum Gasteiger partial charge on any atom is 0.255 e. The predicted octanol–water partition coefficient (Wildman–Crippen LogP) is 3.90. The molecule has 120 valence electrons. The molecule has 5 nitrogen and oxygen atoms in total. The van der Waals surface area contributed by atoms with Gasteiger partial charge in [0.05, 0.1) is 5.69 Å². The molecule has 0 unspecified atom stereocenters. The molecule has 3 aromatic carbocycles. The van der Waals surface area contributed by atoms with Gasteiger partial charge in [0.2, 0.25) is 0 Å². The number of nitrogens with two attached hydrogens (primary N) is 2. The lowest BCUT2D eigenvalue weighted by Crippen LogP contribution is -2.12. The number of carbonyl (C=O) groups is 1. The van der Waals surface area contributed by atoms with Gasteiger partial charge < -0.3 is 21.5 Å². The van der Waals surface area contributed by atoms with E-state index in [-0.39, 0.29) is 5.91 Å². The first-order chi connectivity index (χ1) is 11.6. The van der Waals surface area contributed by atoms with E-state index in [0.29, 0.717) is 28.4 Å². The van der Waals surface area contributed by atoms with E-state index in [1.807, 2.05) is 30.3 Å². The molecule has 5 N–H and O–H groups in total. The number of para-hydroxylation sites is 1. The van der Waals surface area contributed by atoms with Gasteiger partial charge >= 0.3 is 0 Å². The summed E-state index contributed by atoms with van der Waals surface area (Å²) in [5, 5.41) is 2.82. The smallest absolute Gasteiger partial charge is 0.255 e. The number of rotatable bonds is 4. The Morgan fingerprint density at radius 1 is 0.875 bits per heavy atom. The van der Waals surface area contributed by atoms with Crippen molar-refractivity contribution in [2.45, 2.75) is 0 Å². The third-order valence-corrected chi connectivity index (χ3v) is 3.42. The van der Waals surface area contributed by atoms with E-state index in [0.717, 1.165) is 5.69 Å². The molecule has 0 spiro atoms. The summed E-state index contributed by atoms with van der Waals surface area (Å²) in [6.45, 7) is 0. The fourth-order valence-corrected chi connectivity index (χ4v) is 2.15. The molecule has 0 heterocycles. The minimum atomic E-state index is -0.233. The van der Waals surface area contributed by atoms with Crippen LogP contribution in [0.4, 0.5) is 17.1 Å². The molecule has 0 saturated heterocycles. The number of amides is 1. The van der Waals surface area contributed by atoms with E-state index in [9.17, 15) is 4.79 Å². The van der Waals surface area contributed by atoms with E-state index in [2.05, 4.69) is 5.32 Å². The Hall–Kier alpha value is -3.47. The van der Waals surface area contributed by atoms with Crippen molar-refractivity contribution in [1.29, 1.82) is 0 Å². The molecule has 3 aromatic rings. The Labute approximate surface area is 139 Å². The van der Waals surface area contributed by atoms with Crippen LogP contribution in [0.3, 0.4) is 0 Å². The molecule has 0 atom stereocenters. The Morgan fingerprint density at radius 3 is 2.29 bits per heavy atom. The normalized spacial score (nSPS) is 10.2. The minimum absolute atomic E-state index is 0.233.